The maximum absolute atomic E-state index is 12.3. The minimum absolute atomic E-state index is 0.256. The predicted molar refractivity (Wildman–Crippen MR) is 135 cm³/mol. The highest BCUT2D eigenvalue weighted by atomic mass is 79.9. The molecule has 15 heteroatoms. The number of aliphatic hydroxyl groups excluding tert-OH is 1. The lowest BCUT2D eigenvalue weighted by Crippen LogP contribution is -2.06. The smallest absolute Gasteiger partial charge is 0.244 e. The molecule has 0 aromatic carbocycles. The van der Waals surface area contributed by atoms with Gasteiger partial charge in [0.2, 0.25) is 12.9 Å². The summed E-state index contributed by atoms with van der Waals surface area (Å²) in [5, 5.41) is 26.6. The Bertz CT molecular complexity index is 1330. The van der Waals surface area contributed by atoms with Gasteiger partial charge < -0.3 is 5.11 Å². The van der Waals surface area contributed by atoms with Gasteiger partial charge in [0.15, 0.2) is 0 Å². The molecule has 4 aromatic rings. The summed E-state index contributed by atoms with van der Waals surface area (Å²) in [6.45, 7) is 0. The van der Waals surface area contributed by atoms with Crippen molar-refractivity contribution in [1.82, 2.24) is 39.1 Å². The van der Waals surface area contributed by atoms with Crippen LogP contribution in [0.25, 0.3) is 0 Å². The van der Waals surface area contributed by atoms with Crippen LogP contribution in [0.2, 0.25) is 0 Å². The van der Waals surface area contributed by atoms with Crippen molar-refractivity contribution in [1.29, 1.82) is 0 Å². The van der Waals surface area contributed by atoms with Gasteiger partial charge in [0, 0.05) is 63.8 Å². The second kappa shape index (κ2) is 12.3. The lowest BCUT2D eigenvalue weighted by molar-refractivity contribution is 0.147. The molecule has 0 aliphatic heterocycles. The zero-order valence-electron chi connectivity index (χ0n) is 20.5. The molecule has 4 heterocycles. The summed E-state index contributed by atoms with van der Waals surface area (Å²) in [7, 11) is 6.93. The van der Waals surface area contributed by atoms with Crippen LogP contribution in [0.1, 0.15) is 40.0 Å². The molecule has 0 radical (unpaired) electrons. The van der Waals surface area contributed by atoms with Crippen LogP contribution in [0, 0.1) is 0 Å². The minimum Gasteiger partial charge on any atom is -0.382 e. The molecule has 0 saturated heterocycles. The van der Waals surface area contributed by atoms with E-state index in [4.69, 9.17) is 0 Å². The first kappa shape index (κ1) is 29.0. The molecular formula is C22H26Br2F4N8O. The van der Waals surface area contributed by atoms with Crippen LogP contribution in [0.4, 0.5) is 17.6 Å². The lowest BCUT2D eigenvalue weighted by Gasteiger charge is -2.08. The topological polar surface area (TPSA) is 91.5 Å². The standard InChI is InChI=1S/C11H13BrF2N4O.C11H13BrF2N4/c1-17-5-7(11(12)16-17)10(19)8-3-6(4-9(13)14)15-18(8)2;1-17-6-7(11(12)16-17)3-9-4-8(5-10(13)14)15-18(9)2/h3,5,9-10,19H,4H2,1-2H3;4,6,10H,3,5H2,1-2H3. The highest BCUT2D eigenvalue weighted by Gasteiger charge is 2.22. The van der Waals surface area contributed by atoms with Crippen LogP contribution < -0.4 is 0 Å². The largest absolute Gasteiger partial charge is 0.382 e. The van der Waals surface area contributed by atoms with Crippen molar-refractivity contribution in [2.24, 2.45) is 28.2 Å². The van der Waals surface area contributed by atoms with E-state index in [1.165, 1.54) is 10.7 Å². The first-order valence-corrected chi connectivity index (χ1v) is 12.6. The van der Waals surface area contributed by atoms with Gasteiger partial charge in [-0.1, -0.05) is 0 Å². The maximum Gasteiger partial charge on any atom is 0.244 e. The molecule has 0 saturated carbocycles. The van der Waals surface area contributed by atoms with Gasteiger partial charge in [-0.3, -0.25) is 18.7 Å². The highest BCUT2D eigenvalue weighted by Crippen LogP contribution is 2.28. The highest BCUT2D eigenvalue weighted by molar-refractivity contribution is 9.10. The van der Waals surface area contributed by atoms with Crippen molar-refractivity contribution in [3.8, 4) is 0 Å². The van der Waals surface area contributed by atoms with E-state index in [-0.39, 0.29) is 12.1 Å². The van der Waals surface area contributed by atoms with E-state index < -0.39 is 25.4 Å². The molecule has 9 nitrogen and oxygen atoms in total. The zero-order chi connectivity index (χ0) is 27.4. The monoisotopic (exact) mass is 652 g/mol. The Kier molecular flexibility index (Phi) is 9.69. The van der Waals surface area contributed by atoms with Crippen molar-refractivity contribution < 1.29 is 22.7 Å². The molecular weight excluding hydrogens is 628 g/mol. The quantitative estimate of drug-likeness (QED) is 0.289. The fraction of sp³-hybridized carbons (Fsp3) is 0.455. The molecule has 1 atom stereocenters. The Hall–Kier alpha value is -2.52. The zero-order valence-corrected chi connectivity index (χ0v) is 23.6. The van der Waals surface area contributed by atoms with Crippen molar-refractivity contribution in [2.75, 3.05) is 0 Å². The van der Waals surface area contributed by atoms with Gasteiger partial charge in [-0.25, -0.2) is 17.6 Å². The van der Waals surface area contributed by atoms with Gasteiger partial charge in [0.25, 0.3) is 0 Å². The number of rotatable bonds is 8. The third-order valence-corrected chi connectivity index (χ3v) is 6.61. The summed E-state index contributed by atoms with van der Waals surface area (Å²) in [6, 6.07) is 3.20. The molecule has 0 fully saturated rings. The summed E-state index contributed by atoms with van der Waals surface area (Å²) in [6.07, 6.45) is -2.34. The fourth-order valence-electron chi connectivity index (χ4n) is 3.70. The van der Waals surface area contributed by atoms with E-state index in [0.717, 1.165) is 15.9 Å². The number of hydrogen-bond acceptors (Lipinski definition) is 5. The Morgan fingerprint density at radius 1 is 0.784 bits per heavy atom. The number of alkyl halides is 4. The van der Waals surface area contributed by atoms with Crippen LogP contribution in [-0.2, 0) is 47.5 Å². The Balaban J connectivity index is 0.000000206. The molecule has 4 aromatic heterocycles. The van der Waals surface area contributed by atoms with Gasteiger partial charge in [0.05, 0.1) is 29.9 Å². The Morgan fingerprint density at radius 2 is 1.32 bits per heavy atom. The molecule has 0 aliphatic carbocycles. The minimum atomic E-state index is -2.45. The van der Waals surface area contributed by atoms with Gasteiger partial charge in [-0.15, -0.1) is 0 Å². The van der Waals surface area contributed by atoms with Crippen LogP contribution >= 0.6 is 31.9 Å². The number of hydrogen-bond donors (Lipinski definition) is 1. The van der Waals surface area contributed by atoms with Crippen molar-refractivity contribution in [3.05, 3.63) is 67.6 Å². The predicted octanol–water partition coefficient (Wildman–Crippen LogP) is 4.12. The summed E-state index contributed by atoms with van der Waals surface area (Å²) >= 11 is 6.61. The number of aliphatic hydroxyl groups is 1. The van der Waals surface area contributed by atoms with E-state index in [0.29, 0.717) is 28.0 Å². The van der Waals surface area contributed by atoms with Crippen LogP contribution in [0.3, 0.4) is 0 Å². The number of aromatic nitrogens is 8. The number of aryl methyl sites for hydroxylation is 4. The second-order valence-electron chi connectivity index (χ2n) is 8.37. The molecule has 1 N–H and O–H groups in total. The molecule has 0 bridgehead atoms. The summed E-state index contributed by atoms with van der Waals surface area (Å²) in [5.74, 6) is 0. The maximum atomic E-state index is 12.3. The van der Waals surface area contributed by atoms with E-state index in [2.05, 4.69) is 52.3 Å². The third-order valence-electron chi connectivity index (χ3n) is 5.33. The molecule has 1 unspecified atom stereocenters. The number of nitrogens with zero attached hydrogens (tertiary/aromatic N) is 8. The van der Waals surface area contributed by atoms with E-state index in [9.17, 15) is 22.7 Å². The molecule has 0 spiro atoms. The Labute approximate surface area is 227 Å². The van der Waals surface area contributed by atoms with Crippen LogP contribution in [-0.4, -0.2) is 57.1 Å². The van der Waals surface area contributed by atoms with E-state index >= 15 is 0 Å². The van der Waals surface area contributed by atoms with E-state index in [1.807, 2.05) is 13.2 Å². The molecule has 4 rings (SSSR count). The normalized spacial score (nSPS) is 12.4. The summed E-state index contributed by atoms with van der Waals surface area (Å²) in [4.78, 5) is 0. The van der Waals surface area contributed by atoms with Crippen LogP contribution in [0.5, 0.6) is 0 Å². The second-order valence-corrected chi connectivity index (χ2v) is 9.87. The fourth-order valence-corrected chi connectivity index (χ4v) is 4.76. The molecule has 202 valence electrons. The van der Waals surface area contributed by atoms with Crippen molar-refractivity contribution >= 4 is 31.9 Å². The van der Waals surface area contributed by atoms with Gasteiger partial charge in [0.1, 0.15) is 15.3 Å². The lowest BCUT2D eigenvalue weighted by atomic mass is 10.1. The van der Waals surface area contributed by atoms with Crippen molar-refractivity contribution in [2.45, 2.75) is 38.2 Å². The van der Waals surface area contributed by atoms with Crippen molar-refractivity contribution in [3.63, 3.8) is 0 Å². The van der Waals surface area contributed by atoms with E-state index in [1.54, 1.807) is 47.5 Å². The molecule has 0 aliphatic rings. The number of halogens is 6. The first-order valence-electron chi connectivity index (χ1n) is 11.0. The SMILES string of the molecule is Cn1cc(C(O)c2cc(CC(F)F)nn2C)c(Br)n1.Cn1cc(Cc2cc(CC(F)F)nn2C)c(Br)n1. The third kappa shape index (κ3) is 7.74. The van der Waals surface area contributed by atoms with Gasteiger partial charge in [-0.05, 0) is 44.0 Å². The van der Waals surface area contributed by atoms with Crippen LogP contribution in [0.15, 0.2) is 33.7 Å². The molecule has 0 amide bonds. The Morgan fingerprint density at radius 3 is 1.84 bits per heavy atom. The first-order chi connectivity index (χ1) is 17.3. The summed E-state index contributed by atoms with van der Waals surface area (Å²) in [5.41, 5.74) is 3.58. The summed E-state index contributed by atoms with van der Waals surface area (Å²) < 4.78 is 56.8. The average Bonchev–Trinajstić information content (AvgIpc) is 3.49. The molecule has 37 heavy (non-hydrogen) atoms. The average molecular weight is 654 g/mol. The van der Waals surface area contributed by atoms with Gasteiger partial charge >= 0.3 is 0 Å². The van der Waals surface area contributed by atoms with Gasteiger partial charge in [-0.2, -0.15) is 20.4 Å².